The third-order valence-electron chi connectivity index (χ3n) is 3.82. The number of carbonyl (C=O) groups is 1. The first kappa shape index (κ1) is 17.6. The van der Waals surface area contributed by atoms with Crippen molar-refractivity contribution in [2.75, 3.05) is 0 Å². The van der Waals surface area contributed by atoms with Gasteiger partial charge in [0.05, 0.1) is 6.61 Å². The van der Waals surface area contributed by atoms with E-state index in [0.29, 0.717) is 0 Å². The molecule has 0 saturated heterocycles. The molecule has 0 aliphatic rings. The lowest BCUT2D eigenvalue weighted by Gasteiger charge is -2.10. The molecule has 0 unspecified atom stereocenters. The Morgan fingerprint density at radius 2 is 1.46 bits per heavy atom. The largest absolute Gasteiger partial charge is 0.392 e. The van der Waals surface area contributed by atoms with Crippen LogP contribution in [0.25, 0.3) is 11.1 Å². The Bertz CT molecular complexity index is 772. The molecule has 3 aromatic rings. The summed E-state index contributed by atoms with van der Waals surface area (Å²) in [6.45, 7) is 4.33. The summed E-state index contributed by atoms with van der Waals surface area (Å²) in [5.74, 6) is 0. The molecule has 0 heterocycles. The molecule has 0 aliphatic heterocycles. The third kappa shape index (κ3) is 4.64. The van der Waals surface area contributed by atoms with Crippen LogP contribution in [0.15, 0.2) is 72.8 Å². The molecule has 2 heteroatoms. The summed E-state index contributed by atoms with van der Waals surface area (Å²) in [7, 11) is 0. The number of rotatable bonds is 3. The van der Waals surface area contributed by atoms with Crippen LogP contribution in [0.3, 0.4) is 0 Å². The predicted molar refractivity (Wildman–Crippen MR) is 99.1 cm³/mol. The van der Waals surface area contributed by atoms with E-state index in [0.717, 1.165) is 17.4 Å². The maximum atomic E-state index is 10.0. The fraction of sp³-hybridized carbons (Fsp3) is 0.136. The first-order valence-electron chi connectivity index (χ1n) is 7.92. The molecule has 0 atom stereocenters. The summed E-state index contributed by atoms with van der Waals surface area (Å²) in [6.07, 6.45) is 0.833. The van der Waals surface area contributed by atoms with Crippen LogP contribution in [-0.4, -0.2) is 11.4 Å². The van der Waals surface area contributed by atoms with Gasteiger partial charge in [-0.15, -0.1) is 0 Å². The number of aryl methyl sites for hydroxylation is 2. The van der Waals surface area contributed by atoms with E-state index in [1.165, 1.54) is 22.3 Å². The predicted octanol–water partition coefficient (Wildman–Crippen LogP) is 4.96. The number of aldehydes is 1. The van der Waals surface area contributed by atoms with Gasteiger partial charge in [-0.05, 0) is 47.7 Å². The molecule has 0 aromatic heterocycles. The van der Waals surface area contributed by atoms with Gasteiger partial charge < -0.3 is 5.11 Å². The van der Waals surface area contributed by atoms with Gasteiger partial charge in [-0.2, -0.15) is 0 Å². The van der Waals surface area contributed by atoms with Crippen LogP contribution in [0.1, 0.15) is 27.0 Å². The summed E-state index contributed by atoms with van der Waals surface area (Å²) in [5.41, 5.74) is 6.69. The van der Waals surface area contributed by atoms with Gasteiger partial charge in [0.1, 0.15) is 6.29 Å². The van der Waals surface area contributed by atoms with Gasteiger partial charge in [-0.1, -0.05) is 66.7 Å². The van der Waals surface area contributed by atoms with Gasteiger partial charge in [0.2, 0.25) is 0 Å². The minimum absolute atomic E-state index is 0.0960. The van der Waals surface area contributed by atoms with Crippen LogP contribution in [0.4, 0.5) is 0 Å². The van der Waals surface area contributed by atoms with Gasteiger partial charge in [-0.25, -0.2) is 0 Å². The van der Waals surface area contributed by atoms with Gasteiger partial charge >= 0.3 is 0 Å². The fourth-order valence-electron chi connectivity index (χ4n) is 2.63. The minimum Gasteiger partial charge on any atom is -0.392 e. The lowest BCUT2D eigenvalue weighted by Crippen LogP contribution is -1.89. The highest BCUT2D eigenvalue weighted by Gasteiger charge is 2.05. The Morgan fingerprint density at radius 1 is 0.833 bits per heavy atom. The molecule has 0 aliphatic carbocycles. The van der Waals surface area contributed by atoms with Gasteiger partial charge in [0.15, 0.2) is 0 Å². The van der Waals surface area contributed by atoms with E-state index in [-0.39, 0.29) is 6.61 Å². The zero-order valence-electron chi connectivity index (χ0n) is 14.1. The summed E-state index contributed by atoms with van der Waals surface area (Å²) in [5, 5.41) is 9.15. The molecule has 3 aromatic carbocycles. The van der Waals surface area contributed by atoms with Crippen LogP contribution in [0, 0.1) is 13.8 Å². The molecule has 0 amide bonds. The molecule has 1 N–H and O–H groups in total. The molecule has 0 spiro atoms. The van der Waals surface area contributed by atoms with Gasteiger partial charge in [-0.3, -0.25) is 4.79 Å². The fourth-order valence-corrected chi connectivity index (χ4v) is 2.63. The van der Waals surface area contributed by atoms with E-state index in [1.54, 1.807) is 12.1 Å². The van der Waals surface area contributed by atoms with Crippen molar-refractivity contribution in [1.82, 2.24) is 0 Å². The van der Waals surface area contributed by atoms with Crippen molar-refractivity contribution in [3.8, 4) is 11.1 Å². The van der Waals surface area contributed by atoms with Crippen molar-refractivity contribution in [2.24, 2.45) is 0 Å². The SMILES string of the molecule is Cc1cccc(C)c1-c1cccc(CO)c1.O=Cc1ccccc1. The van der Waals surface area contributed by atoms with Crippen molar-refractivity contribution in [3.63, 3.8) is 0 Å². The van der Waals surface area contributed by atoms with Gasteiger partial charge in [0, 0.05) is 5.56 Å². The molecular formula is C22H22O2. The van der Waals surface area contributed by atoms with Crippen LogP contribution < -0.4 is 0 Å². The molecule has 2 nitrogen and oxygen atoms in total. The molecule has 122 valence electrons. The monoisotopic (exact) mass is 318 g/mol. The molecular weight excluding hydrogens is 296 g/mol. The summed E-state index contributed by atoms with van der Waals surface area (Å²) >= 11 is 0. The van der Waals surface area contributed by atoms with Gasteiger partial charge in [0.25, 0.3) is 0 Å². The highest BCUT2D eigenvalue weighted by atomic mass is 16.3. The van der Waals surface area contributed by atoms with E-state index in [2.05, 4.69) is 44.2 Å². The Balaban J connectivity index is 0.000000219. The summed E-state index contributed by atoms with van der Waals surface area (Å²) in [4.78, 5) is 10.0. The topological polar surface area (TPSA) is 37.3 Å². The minimum atomic E-state index is 0.0960. The lowest BCUT2D eigenvalue weighted by atomic mass is 9.95. The first-order valence-corrected chi connectivity index (χ1v) is 7.92. The Labute approximate surface area is 143 Å². The van der Waals surface area contributed by atoms with Crippen LogP contribution in [0.2, 0.25) is 0 Å². The number of hydrogen-bond acceptors (Lipinski definition) is 2. The number of benzene rings is 3. The van der Waals surface area contributed by atoms with Crippen molar-refractivity contribution in [1.29, 1.82) is 0 Å². The van der Waals surface area contributed by atoms with Crippen LogP contribution in [0.5, 0.6) is 0 Å². The number of aliphatic hydroxyl groups excluding tert-OH is 1. The molecule has 0 fully saturated rings. The maximum absolute atomic E-state index is 10.0. The van der Waals surface area contributed by atoms with E-state index in [1.807, 2.05) is 30.3 Å². The summed E-state index contributed by atoms with van der Waals surface area (Å²) < 4.78 is 0. The highest BCUT2D eigenvalue weighted by Crippen LogP contribution is 2.27. The molecule has 24 heavy (non-hydrogen) atoms. The normalized spacial score (nSPS) is 9.79. The number of aliphatic hydroxyl groups is 1. The maximum Gasteiger partial charge on any atom is 0.150 e. The molecule has 0 radical (unpaired) electrons. The van der Waals surface area contributed by atoms with Crippen LogP contribution >= 0.6 is 0 Å². The lowest BCUT2D eigenvalue weighted by molar-refractivity contribution is 0.112. The van der Waals surface area contributed by atoms with Crippen molar-refractivity contribution >= 4 is 6.29 Å². The first-order chi connectivity index (χ1) is 11.7. The Hall–Kier alpha value is -2.71. The molecule has 0 bridgehead atoms. The number of carbonyl (C=O) groups excluding carboxylic acids is 1. The summed E-state index contributed by atoms with van der Waals surface area (Å²) in [6, 6.07) is 23.5. The smallest absolute Gasteiger partial charge is 0.150 e. The molecule has 0 saturated carbocycles. The second kappa shape index (κ2) is 8.80. The average molecular weight is 318 g/mol. The second-order valence-electron chi connectivity index (χ2n) is 5.65. The van der Waals surface area contributed by atoms with Crippen molar-refractivity contribution in [3.05, 3.63) is 95.1 Å². The Morgan fingerprint density at radius 3 is 2.00 bits per heavy atom. The average Bonchev–Trinajstić information content (AvgIpc) is 2.63. The zero-order chi connectivity index (χ0) is 17.4. The van der Waals surface area contributed by atoms with E-state index in [9.17, 15) is 4.79 Å². The quantitative estimate of drug-likeness (QED) is 0.693. The number of hydrogen-bond donors (Lipinski definition) is 1. The second-order valence-corrected chi connectivity index (χ2v) is 5.65. The molecule has 3 rings (SSSR count). The van der Waals surface area contributed by atoms with E-state index in [4.69, 9.17) is 5.11 Å². The van der Waals surface area contributed by atoms with Crippen molar-refractivity contribution in [2.45, 2.75) is 20.5 Å². The van der Waals surface area contributed by atoms with E-state index < -0.39 is 0 Å². The van der Waals surface area contributed by atoms with Crippen LogP contribution in [-0.2, 0) is 6.61 Å². The highest BCUT2D eigenvalue weighted by molar-refractivity contribution is 5.74. The standard InChI is InChI=1S/C15H16O.C7H6O/c1-11-5-3-6-12(2)15(11)14-8-4-7-13(9-14)10-16;8-6-7-4-2-1-3-5-7/h3-9,16H,10H2,1-2H3;1-6H. The third-order valence-corrected chi connectivity index (χ3v) is 3.82. The van der Waals surface area contributed by atoms with Crippen molar-refractivity contribution < 1.29 is 9.90 Å². The Kier molecular flexibility index (Phi) is 6.47. The zero-order valence-corrected chi connectivity index (χ0v) is 14.1. The van der Waals surface area contributed by atoms with E-state index >= 15 is 0 Å².